The van der Waals surface area contributed by atoms with Gasteiger partial charge < -0.3 is 5.21 Å². The fraction of sp³-hybridized carbons (Fsp3) is 0.333. The molecule has 7 heteroatoms. The number of pyridine rings is 1. The van der Waals surface area contributed by atoms with Crippen LogP contribution >= 0.6 is 0 Å². The van der Waals surface area contributed by atoms with E-state index in [2.05, 4.69) is 0 Å². The van der Waals surface area contributed by atoms with Gasteiger partial charge in [0.15, 0.2) is 0 Å². The second kappa shape index (κ2) is 5.59. The Kier molecular flexibility index (Phi) is 3.62. The Morgan fingerprint density at radius 3 is 2.73 bits per heavy atom. The Labute approximate surface area is 126 Å². The Balaban J connectivity index is 2.14. The van der Waals surface area contributed by atoms with Crippen molar-refractivity contribution in [2.45, 2.75) is 25.7 Å². The third-order valence-electron chi connectivity index (χ3n) is 3.93. The highest BCUT2D eigenvalue weighted by Gasteiger charge is 2.28. The number of non-ortho nitro benzene ring substituents is 1. The van der Waals surface area contributed by atoms with Crippen molar-refractivity contribution in [1.29, 1.82) is 0 Å². The highest BCUT2D eigenvalue weighted by molar-refractivity contribution is 5.93. The number of hydrogen-bond acceptors (Lipinski definition) is 4. The number of aromatic nitrogens is 1. The third kappa shape index (κ3) is 2.34. The SMILES string of the molecule is O=C1CCCCCN1c1ccc2c([N+](=O)[O-])cccc2[n+]1[O-]. The predicted molar refractivity (Wildman–Crippen MR) is 80.4 cm³/mol. The Morgan fingerprint density at radius 1 is 1.14 bits per heavy atom. The molecule has 0 radical (unpaired) electrons. The van der Waals surface area contributed by atoms with Gasteiger partial charge in [-0.1, -0.05) is 6.07 Å². The van der Waals surface area contributed by atoms with Gasteiger partial charge in [-0.3, -0.25) is 10.1 Å². The van der Waals surface area contributed by atoms with Gasteiger partial charge in [0.25, 0.3) is 11.5 Å². The molecular weight excluding hydrogens is 286 g/mol. The molecule has 1 aromatic heterocycles. The molecule has 0 atom stereocenters. The summed E-state index contributed by atoms with van der Waals surface area (Å²) in [4.78, 5) is 24.2. The fourth-order valence-corrected chi connectivity index (χ4v) is 2.82. The summed E-state index contributed by atoms with van der Waals surface area (Å²) in [6.07, 6.45) is 3.05. The Bertz CT molecular complexity index is 760. The van der Waals surface area contributed by atoms with Crippen LogP contribution in [-0.2, 0) is 4.79 Å². The molecule has 1 fully saturated rings. The standard InChI is InChI=1S/C15H15N3O4/c19-15-7-2-1-3-10-16(15)14-9-8-11-12(17(14)20)5-4-6-13(11)18(21)22/h4-6,8-9H,1-3,7,10H2. The molecule has 1 aliphatic rings. The van der Waals surface area contributed by atoms with E-state index < -0.39 is 4.92 Å². The molecule has 7 nitrogen and oxygen atoms in total. The molecule has 0 aliphatic carbocycles. The zero-order valence-electron chi connectivity index (χ0n) is 11.9. The van der Waals surface area contributed by atoms with Crippen molar-refractivity contribution in [3.63, 3.8) is 0 Å². The van der Waals surface area contributed by atoms with Crippen LogP contribution in [0.15, 0.2) is 30.3 Å². The molecule has 1 amide bonds. The molecule has 1 saturated heterocycles. The third-order valence-corrected chi connectivity index (χ3v) is 3.93. The van der Waals surface area contributed by atoms with Gasteiger partial charge in [0.05, 0.1) is 16.9 Å². The van der Waals surface area contributed by atoms with Gasteiger partial charge >= 0.3 is 5.91 Å². The number of fused-ring (bicyclic) bond motifs is 1. The lowest BCUT2D eigenvalue weighted by Gasteiger charge is -2.18. The first-order chi connectivity index (χ1) is 10.6. The summed E-state index contributed by atoms with van der Waals surface area (Å²) in [5.41, 5.74) is 0.0830. The van der Waals surface area contributed by atoms with E-state index in [-0.39, 0.29) is 28.3 Å². The number of carbonyl (C=O) groups is 1. The minimum Gasteiger partial charge on any atom is -0.710 e. The van der Waals surface area contributed by atoms with Crippen LogP contribution in [0.25, 0.3) is 10.9 Å². The first-order valence-corrected chi connectivity index (χ1v) is 7.19. The predicted octanol–water partition coefficient (Wildman–Crippen LogP) is 2.29. The maximum absolute atomic E-state index is 12.6. The van der Waals surface area contributed by atoms with Crippen LogP contribution in [-0.4, -0.2) is 17.4 Å². The summed E-state index contributed by atoms with van der Waals surface area (Å²) in [5.74, 6) is 0.159. The Hall–Kier alpha value is -2.70. The number of hydrogen-bond donors (Lipinski definition) is 0. The zero-order chi connectivity index (χ0) is 15.7. The second-order valence-electron chi connectivity index (χ2n) is 5.31. The molecular formula is C15H15N3O4. The van der Waals surface area contributed by atoms with Crippen molar-refractivity contribution in [2.24, 2.45) is 0 Å². The summed E-state index contributed by atoms with van der Waals surface area (Å²) in [5, 5.41) is 23.9. The van der Waals surface area contributed by atoms with E-state index in [1.165, 1.54) is 35.2 Å². The van der Waals surface area contributed by atoms with E-state index in [9.17, 15) is 20.1 Å². The molecule has 3 rings (SSSR count). The van der Waals surface area contributed by atoms with Crippen LogP contribution in [0.4, 0.5) is 11.5 Å². The minimum atomic E-state index is -0.515. The summed E-state index contributed by atoms with van der Waals surface area (Å²) < 4.78 is 0.617. The van der Waals surface area contributed by atoms with Crippen LogP contribution in [0.3, 0.4) is 0 Å². The number of carbonyl (C=O) groups excluding carboxylic acids is 1. The van der Waals surface area contributed by atoms with E-state index >= 15 is 0 Å². The first kappa shape index (κ1) is 14.2. The van der Waals surface area contributed by atoms with Crippen molar-refractivity contribution < 1.29 is 14.4 Å². The lowest BCUT2D eigenvalue weighted by atomic mass is 10.2. The van der Waals surface area contributed by atoms with Gasteiger partial charge in [0.2, 0.25) is 0 Å². The smallest absolute Gasteiger partial charge is 0.309 e. The highest BCUT2D eigenvalue weighted by Crippen LogP contribution is 2.26. The minimum absolute atomic E-state index is 0.0770. The van der Waals surface area contributed by atoms with Crippen LogP contribution in [0.5, 0.6) is 0 Å². The molecule has 1 aromatic carbocycles. The molecule has 114 valence electrons. The molecule has 2 heterocycles. The van der Waals surface area contributed by atoms with Gasteiger partial charge in [0, 0.05) is 18.6 Å². The number of nitro groups is 1. The number of anilines is 1. The van der Waals surface area contributed by atoms with Gasteiger partial charge in [-0.25, -0.2) is 9.52 Å². The van der Waals surface area contributed by atoms with E-state index in [0.717, 1.165) is 19.3 Å². The highest BCUT2D eigenvalue weighted by atomic mass is 16.6. The average molecular weight is 301 g/mol. The number of nitrogens with zero attached hydrogens (tertiary/aromatic N) is 3. The number of benzene rings is 1. The topological polar surface area (TPSA) is 90.4 Å². The molecule has 0 N–H and O–H groups in total. The molecule has 22 heavy (non-hydrogen) atoms. The molecule has 0 spiro atoms. The quantitative estimate of drug-likeness (QED) is 0.368. The first-order valence-electron chi connectivity index (χ1n) is 7.19. The Morgan fingerprint density at radius 2 is 1.95 bits per heavy atom. The molecule has 2 aromatic rings. The van der Waals surface area contributed by atoms with Crippen LogP contribution in [0, 0.1) is 15.3 Å². The van der Waals surface area contributed by atoms with E-state index in [1.54, 1.807) is 0 Å². The van der Waals surface area contributed by atoms with Crippen molar-refractivity contribution in [1.82, 2.24) is 0 Å². The van der Waals surface area contributed by atoms with E-state index in [4.69, 9.17) is 0 Å². The molecule has 1 aliphatic heterocycles. The fourth-order valence-electron chi connectivity index (χ4n) is 2.82. The van der Waals surface area contributed by atoms with Gasteiger partial charge in [-0.15, -0.1) is 0 Å². The van der Waals surface area contributed by atoms with Crippen LogP contribution in [0.2, 0.25) is 0 Å². The van der Waals surface area contributed by atoms with Crippen molar-refractivity contribution in [3.05, 3.63) is 45.7 Å². The number of rotatable bonds is 2. The van der Waals surface area contributed by atoms with Gasteiger partial charge in [0.1, 0.15) is 5.52 Å². The summed E-state index contributed by atoms with van der Waals surface area (Å²) >= 11 is 0. The van der Waals surface area contributed by atoms with Crippen molar-refractivity contribution >= 4 is 28.3 Å². The molecule has 0 unspecified atom stereocenters. The second-order valence-corrected chi connectivity index (χ2v) is 5.31. The maximum atomic E-state index is 12.6. The number of amides is 1. The molecule has 0 bridgehead atoms. The van der Waals surface area contributed by atoms with Crippen molar-refractivity contribution in [3.8, 4) is 0 Å². The molecule has 0 saturated carbocycles. The summed E-state index contributed by atoms with van der Waals surface area (Å²) in [6.45, 7) is 0.501. The summed E-state index contributed by atoms with van der Waals surface area (Å²) in [6, 6.07) is 7.39. The largest absolute Gasteiger partial charge is 0.710 e. The lowest BCUT2D eigenvalue weighted by molar-refractivity contribution is -0.563. The summed E-state index contributed by atoms with van der Waals surface area (Å²) in [7, 11) is 0. The lowest BCUT2D eigenvalue weighted by Crippen LogP contribution is -2.41. The van der Waals surface area contributed by atoms with E-state index in [1.807, 2.05) is 0 Å². The zero-order valence-corrected chi connectivity index (χ0v) is 11.9. The normalized spacial score (nSPS) is 15.8. The van der Waals surface area contributed by atoms with Crippen LogP contribution < -0.4 is 9.63 Å². The van der Waals surface area contributed by atoms with E-state index in [0.29, 0.717) is 17.7 Å². The van der Waals surface area contributed by atoms with Gasteiger partial charge in [-0.05, 0) is 31.4 Å². The average Bonchev–Trinajstić information content (AvgIpc) is 2.72. The number of nitro benzene ring substituents is 1. The monoisotopic (exact) mass is 301 g/mol. The van der Waals surface area contributed by atoms with Gasteiger partial charge in [-0.2, -0.15) is 4.90 Å². The van der Waals surface area contributed by atoms with Crippen LogP contribution in [0.1, 0.15) is 25.7 Å². The maximum Gasteiger partial charge on any atom is 0.309 e. The van der Waals surface area contributed by atoms with Crippen molar-refractivity contribution in [2.75, 3.05) is 11.4 Å².